The van der Waals surface area contributed by atoms with Crippen LogP contribution in [0.3, 0.4) is 0 Å². The maximum Gasteiger partial charge on any atom is 0.262 e. The third-order valence-electron chi connectivity index (χ3n) is 3.35. The van der Waals surface area contributed by atoms with Crippen molar-refractivity contribution in [2.24, 2.45) is 0 Å². The predicted molar refractivity (Wildman–Crippen MR) is 75.6 cm³/mol. The van der Waals surface area contributed by atoms with Crippen LogP contribution in [0.25, 0.3) is 0 Å². The van der Waals surface area contributed by atoms with Crippen molar-refractivity contribution < 1.29 is 13.5 Å². The number of rotatable bonds is 4. The number of aromatic nitrogens is 1. The number of β-amino-alcohol motifs (C(OH)–C–C–N with tert-alkyl or cyclic N) is 1. The van der Waals surface area contributed by atoms with Gasteiger partial charge in [-0.1, -0.05) is 0 Å². The molecule has 1 fully saturated rings. The minimum atomic E-state index is -3.65. The second kappa shape index (κ2) is 6.49. The fourth-order valence-electron chi connectivity index (χ4n) is 2.29. The molecule has 20 heavy (non-hydrogen) atoms. The third-order valence-corrected chi connectivity index (χ3v) is 5.22. The first kappa shape index (κ1) is 15.2. The van der Waals surface area contributed by atoms with Crippen LogP contribution < -0.4 is 5.73 Å². The monoisotopic (exact) mass is 300 g/mol. The molecule has 2 heterocycles. The Labute approximate surface area is 119 Å². The van der Waals surface area contributed by atoms with E-state index in [1.54, 1.807) is 6.07 Å². The molecule has 3 N–H and O–H groups in total. The molecule has 0 bridgehead atoms. The van der Waals surface area contributed by atoms with Gasteiger partial charge in [-0.05, 0) is 25.1 Å². The highest BCUT2D eigenvalue weighted by Crippen LogP contribution is 2.20. The van der Waals surface area contributed by atoms with Crippen LogP contribution in [-0.2, 0) is 10.0 Å². The topological polar surface area (TPSA) is 99.8 Å². The van der Waals surface area contributed by atoms with E-state index in [0.717, 1.165) is 13.0 Å². The van der Waals surface area contributed by atoms with Crippen LogP contribution in [0.2, 0.25) is 0 Å². The number of aliphatic hydroxyl groups is 1. The fraction of sp³-hybridized carbons (Fsp3) is 0.583. The first-order valence-electron chi connectivity index (χ1n) is 6.59. The quantitative estimate of drug-likeness (QED) is 0.767. The van der Waals surface area contributed by atoms with E-state index in [9.17, 15) is 8.42 Å². The standard InChI is InChI=1S/C12H20N4O3S/c13-11-3-1-4-14-12(11)20(18,19)16-6-2-5-15(7-8-16)9-10-17/h1,3-4,17H,2,5-10,13H2. The Kier molecular flexibility index (Phi) is 4.92. The minimum Gasteiger partial charge on any atom is -0.396 e. The summed E-state index contributed by atoms with van der Waals surface area (Å²) in [6.45, 7) is 2.87. The maximum absolute atomic E-state index is 12.5. The lowest BCUT2D eigenvalue weighted by Crippen LogP contribution is -2.36. The molecule has 0 radical (unpaired) electrons. The summed E-state index contributed by atoms with van der Waals surface area (Å²) >= 11 is 0. The normalized spacial score (nSPS) is 18.9. The highest BCUT2D eigenvalue weighted by Gasteiger charge is 2.29. The van der Waals surface area contributed by atoms with Crippen molar-refractivity contribution in [1.29, 1.82) is 0 Å². The van der Waals surface area contributed by atoms with Gasteiger partial charge in [0, 0.05) is 32.4 Å². The molecule has 7 nitrogen and oxygen atoms in total. The van der Waals surface area contributed by atoms with Crippen LogP contribution in [0, 0.1) is 0 Å². The molecule has 0 aliphatic carbocycles. The van der Waals surface area contributed by atoms with Gasteiger partial charge in [0.05, 0.1) is 12.3 Å². The van der Waals surface area contributed by atoms with Gasteiger partial charge in [-0.25, -0.2) is 13.4 Å². The summed E-state index contributed by atoms with van der Waals surface area (Å²) in [6, 6.07) is 3.15. The summed E-state index contributed by atoms with van der Waals surface area (Å²) in [5.74, 6) is 0. The number of nitrogens with zero attached hydrogens (tertiary/aromatic N) is 3. The van der Waals surface area contributed by atoms with Crippen molar-refractivity contribution in [3.8, 4) is 0 Å². The Morgan fingerprint density at radius 2 is 2.10 bits per heavy atom. The van der Waals surface area contributed by atoms with Crippen molar-refractivity contribution in [1.82, 2.24) is 14.2 Å². The lowest BCUT2D eigenvalue weighted by atomic mass is 10.4. The number of aliphatic hydroxyl groups excluding tert-OH is 1. The number of hydrogen-bond acceptors (Lipinski definition) is 6. The SMILES string of the molecule is Nc1cccnc1S(=O)(=O)N1CCCN(CCO)CC1. The number of nitrogen functional groups attached to an aromatic ring is 1. The number of sulfonamides is 1. The van der Waals surface area contributed by atoms with Gasteiger partial charge in [0.2, 0.25) is 0 Å². The molecule has 0 saturated carbocycles. The molecule has 112 valence electrons. The number of hydrogen-bond donors (Lipinski definition) is 2. The summed E-state index contributed by atoms with van der Waals surface area (Å²) in [7, 11) is -3.65. The van der Waals surface area contributed by atoms with E-state index in [-0.39, 0.29) is 17.3 Å². The molecular weight excluding hydrogens is 280 g/mol. The van der Waals surface area contributed by atoms with Crippen LogP contribution in [0.5, 0.6) is 0 Å². The van der Waals surface area contributed by atoms with Gasteiger partial charge in [0.1, 0.15) is 0 Å². The molecule has 1 aromatic heterocycles. The summed E-state index contributed by atoms with van der Waals surface area (Å²) in [4.78, 5) is 5.96. The Morgan fingerprint density at radius 3 is 2.80 bits per heavy atom. The van der Waals surface area contributed by atoms with E-state index in [1.807, 2.05) is 0 Å². The summed E-state index contributed by atoms with van der Waals surface area (Å²) < 4.78 is 26.5. The molecule has 8 heteroatoms. The van der Waals surface area contributed by atoms with Crippen molar-refractivity contribution in [2.45, 2.75) is 11.4 Å². The van der Waals surface area contributed by atoms with Gasteiger partial charge < -0.3 is 10.8 Å². The van der Waals surface area contributed by atoms with Crippen LogP contribution in [0.1, 0.15) is 6.42 Å². The van der Waals surface area contributed by atoms with E-state index in [0.29, 0.717) is 26.2 Å². The van der Waals surface area contributed by atoms with Gasteiger partial charge in [-0.15, -0.1) is 0 Å². The Balaban J connectivity index is 2.16. The average Bonchev–Trinajstić information content (AvgIpc) is 2.65. The molecule has 1 aromatic rings. The van der Waals surface area contributed by atoms with E-state index < -0.39 is 10.0 Å². The lowest BCUT2D eigenvalue weighted by Gasteiger charge is -2.21. The fourth-order valence-corrected chi connectivity index (χ4v) is 3.79. The van der Waals surface area contributed by atoms with Crippen molar-refractivity contribution in [3.63, 3.8) is 0 Å². The zero-order chi connectivity index (χ0) is 14.6. The van der Waals surface area contributed by atoms with E-state index in [4.69, 9.17) is 10.8 Å². The van der Waals surface area contributed by atoms with E-state index in [1.165, 1.54) is 16.6 Å². The summed E-state index contributed by atoms with van der Waals surface area (Å²) in [6.07, 6.45) is 2.16. The first-order valence-corrected chi connectivity index (χ1v) is 8.03. The lowest BCUT2D eigenvalue weighted by molar-refractivity contribution is 0.202. The van der Waals surface area contributed by atoms with Crippen molar-refractivity contribution in [3.05, 3.63) is 18.3 Å². The number of pyridine rings is 1. The van der Waals surface area contributed by atoms with Gasteiger partial charge in [0.15, 0.2) is 5.03 Å². The maximum atomic E-state index is 12.5. The highest BCUT2D eigenvalue weighted by molar-refractivity contribution is 7.89. The zero-order valence-corrected chi connectivity index (χ0v) is 12.1. The molecular formula is C12H20N4O3S. The van der Waals surface area contributed by atoms with E-state index >= 15 is 0 Å². The third kappa shape index (κ3) is 3.26. The molecule has 1 saturated heterocycles. The van der Waals surface area contributed by atoms with Gasteiger partial charge in [0.25, 0.3) is 10.0 Å². The average molecular weight is 300 g/mol. The van der Waals surface area contributed by atoms with Crippen LogP contribution in [0.15, 0.2) is 23.4 Å². The van der Waals surface area contributed by atoms with Crippen LogP contribution in [-0.4, -0.2) is 67.0 Å². The molecule has 1 aliphatic rings. The first-order chi connectivity index (χ1) is 9.55. The molecule has 0 unspecified atom stereocenters. The Hall–Kier alpha value is -1.22. The molecule has 2 rings (SSSR count). The molecule has 0 amide bonds. The predicted octanol–water partition coefficient (Wildman–Crippen LogP) is -0.647. The second-order valence-electron chi connectivity index (χ2n) is 4.72. The molecule has 1 aliphatic heterocycles. The van der Waals surface area contributed by atoms with Gasteiger partial charge in [-0.2, -0.15) is 4.31 Å². The van der Waals surface area contributed by atoms with Gasteiger partial charge >= 0.3 is 0 Å². The van der Waals surface area contributed by atoms with Crippen molar-refractivity contribution >= 4 is 15.7 Å². The van der Waals surface area contributed by atoms with Crippen molar-refractivity contribution in [2.75, 3.05) is 45.1 Å². The molecule has 0 aromatic carbocycles. The Bertz CT molecular complexity index is 549. The molecule has 0 atom stereocenters. The Morgan fingerprint density at radius 1 is 1.30 bits per heavy atom. The summed E-state index contributed by atoms with van der Waals surface area (Å²) in [5, 5.41) is 8.88. The summed E-state index contributed by atoms with van der Waals surface area (Å²) in [5.41, 5.74) is 5.89. The van der Waals surface area contributed by atoms with Crippen LogP contribution in [0.4, 0.5) is 5.69 Å². The largest absolute Gasteiger partial charge is 0.396 e. The van der Waals surface area contributed by atoms with Gasteiger partial charge in [-0.3, -0.25) is 4.90 Å². The zero-order valence-electron chi connectivity index (χ0n) is 11.3. The van der Waals surface area contributed by atoms with E-state index in [2.05, 4.69) is 9.88 Å². The number of anilines is 1. The minimum absolute atomic E-state index is 0.0735. The molecule has 0 spiro atoms. The second-order valence-corrected chi connectivity index (χ2v) is 6.57. The number of nitrogens with two attached hydrogens (primary N) is 1. The smallest absolute Gasteiger partial charge is 0.262 e. The highest BCUT2D eigenvalue weighted by atomic mass is 32.2. The van der Waals surface area contributed by atoms with Crippen LogP contribution >= 0.6 is 0 Å².